The van der Waals surface area contributed by atoms with Crippen molar-refractivity contribution in [1.29, 1.82) is 0 Å². The van der Waals surface area contributed by atoms with Crippen molar-refractivity contribution in [2.45, 2.75) is 19.6 Å². The van der Waals surface area contributed by atoms with Gasteiger partial charge in [-0.1, -0.05) is 12.1 Å². The van der Waals surface area contributed by atoms with E-state index in [9.17, 15) is 9.90 Å². The quantitative estimate of drug-likeness (QED) is 0.695. The standard InChI is InChI=1S/C12H12O4/c1-12(2)15-9-5-3-8(4-6-11(13)14)7-10(9)16-12/h3-7H,1-2H3,(H,13,14)/p-1/b6-4+. The first-order valence-corrected chi connectivity index (χ1v) is 4.87. The first-order valence-electron chi connectivity index (χ1n) is 4.87. The number of rotatable bonds is 2. The van der Waals surface area contributed by atoms with Gasteiger partial charge in [-0.3, -0.25) is 0 Å². The van der Waals surface area contributed by atoms with Crippen LogP contribution in [-0.2, 0) is 4.79 Å². The fourth-order valence-electron chi connectivity index (χ4n) is 1.51. The average molecular weight is 219 g/mol. The number of carbonyl (C=O) groups excluding carboxylic acids is 1. The lowest BCUT2D eigenvalue weighted by molar-refractivity contribution is -0.297. The van der Waals surface area contributed by atoms with Gasteiger partial charge in [-0.05, 0) is 23.8 Å². The van der Waals surface area contributed by atoms with Crippen molar-refractivity contribution in [3.63, 3.8) is 0 Å². The Morgan fingerprint density at radius 3 is 2.69 bits per heavy atom. The van der Waals surface area contributed by atoms with Crippen LogP contribution in [0.3, 0.4) is 0 Å². The minimum absolute atomic E-state index is 0.616. The van der Waals surface area contributed by atoms with Crippen LogP contribution in [0.5, 0.6) is 11.5 Å². The molecule has 0 fully saturated rings. The number of fused-ring (bicyclic) bond motifs is 1. The summed E-state index contributed by atoms with van der Waals surface area (Å²) in [5.74, 6) is -0.613. The van der Waals surface area contributed by atoms with E-state index >= 15 is 0 Å². The molecule has 0 aromatic heterocycles. The van der Waals surface area contributed by atoms with E-state index in [4.69, 9.17) is 9.47 Å². The Balaban J connectivity index is 2.26. The number of carboxylic acid groups (broad SMARTS) is 1. The lowest BCUT2D eigenvalue weighted by Gasteiger charge is -2.16. The molecule has 0 aliphatic carbocycles. The van der Waals surface area contributed by atoms with E-state index in [1.165, 1.54) is 6.08 Å². The van der Waals surface area contributed by atoms with Crippen LogP contribution >= 0.6 is 0 Å². The van der Waals surface area contributed by atoms with Crippen molar-refractivity contribution in [3.05, 3.63) is 29.8 Å². The largest absolute Gasteiger partial charge is 0.545 e. The molecule has 0 atom stereocenters. The number of hydrogen-bond donors (Lipinski definition) is 0. The van der Waals surface area contributed by atoms with Crippen molar-refractivity contribution in [1.82, 2.24) is 0 Å². The van der Waals surface area contributed by atoms with Crippen LogP contribution in [0, 0.1) is 0 Å². The van der Waals surface area contributed by atoms with Crippen LogP contribution in [0.4, 0.5) is 0 Å². The molecule has 4 nitrogen and oxygen atoms in total. The summed E-state index contributed by atoms with van der Waals surface area (Å²) in [5.41, 5.74) is 0.726. The molecule has 0 unspecified atom stereocenters. The normalized spacial score (nSPS) is 16.6. The molecule has 0 saturated carbocycles. The van der Waals surface area contributed by atoms with Crippen molar-refractivity contribution in [2.75, 3.05) is 0 Å². The summed E-state index contributed by atoms with van der Waals surface area (Å²) in [5, 5.41) is 10.3. The van der Waals surface area contributed by atoms with Crippen LogP contribution < -0.4 is 14.6 Å². The lowest BCUT2D eigenvalue weighted by atomic mass is 10.2. The highest BCUT2D eigenvalue weighted by Crippen LogP contribution is 2.39. The smallest absolute Gasteiger partial charge is 0.246 e. The van der Waals surface area contributed by atoms with Gasteiger partial charge < -0.3 is 19.4 Å². The third-order valence-corrected chi connectivity index (χ3v) is 2.09. The number of benzene rings is 1. The van der Waals surface area contributed by atoms with Gasteiger partial charge in [-0.2, -0.15) is 0 Å². The Hall–Kier alpha value is -1.97. The number of aliphatic carboxylic acids is 1. The highest BCUT2D eigenvalue weighted by Gasteiger charge is 2.31. The lowest BCUT2D eigenvalue weighted by Crippen LogP contribution is -2.29. The van der Waals surface area contributed by atoms with Gasteiger partial charge in [0.15, 0.2) is 11.5 Å². The number of carboxylic acids is 1. The van der Waals surface area contributed by atoms with E-state index in [0.29, 0.717) is 11.5 Å². The topological polar surface area (TPSA) is 58.6 Å². The molecule has 16 heavy (non-hydrogen) atoms. The minimum atomic E-state index is -1.22. The van der Waals surface area contributed by atoms with Crippen LogP contribution in [-0.4, -0.2) is 11.8 Å². The zero-order valence-electron chi connectivity index (χ0n) is 9.02. The van der Waals surface area contributed by atoms with E-state index in [0.717, 1.165) is 11.6 Å². The SMILES string of the molecule is CC1(C)Oc2ccc(/C=C/C(=O)[O-])cc2O1. The molecule has 2 rings (SSSR count). The molecule has 0 radical (unpaired) electrons. The monoisotopic (exact) mass is 219 g/mol. The van der Waals surface area contributed by atoms with Gasteiger partial charge in [0.05, 0.1) is 5.97 Å². The molecule has 1 aromatic rings. The summed E-state index contributed by atoms with van der Waals surface area (Å²) in [6.07, 6.45) is 2.42. The van der Waals surface area contributed by atoms with Gasteiger partial charge in [-0.15, -0.1) is 0 Å². The van der Waals surface area contributed by atoms with Crippen LogP contribution in [0.2, 0.25) is 0 Å². The van der Waals surface area contributed by atoms with Crippen LogP contribution in [0.25, 0.3) is 6.08 Å². The molecule has 1 aliphatic heterocycles. The minimum Gasteiger partial charge on any atom is -0.545 e. The summed E-state index contributed by atoms with van der Waals surface area (Å²) in [6, 6.07) is 5.23. The molecule has 0 amide bonds. The summed E-state index contributed by atoms with van der Waals surface area (Å²) >= 11 is 0. The maximum atomic E-state index is 10.3. The fraction of sp³-hybridized carbons (Fsp3) is 0.250. The zero-order valence-corrected chi connectivity index (χ0v) is 9.02. The second-order valence-electron chi connectivity index (χ2n) is 3.96. The third kappa shape index (κ3) is 2.16. The van der Waals surface area contributed by atoms with Gasteiger partial charge >= 0.3 is 0 Å². The Labute approximate surface area is 93.1 Å². The van der Waals surface area contributed by atoms with E-state index in [2.05, 4.69) is 0 Å². The summed E-state index contributed by atoms with van der Waals surface area (Å²) < 4.78 is 11.0. The van der Waals surface area contributed by atoms with Crippen LogP contribution in [0.1, 0.15) is 19.4 Å². The van der Waals surface area contributed by atoms with Crippen molar-refractivity contribution in [3.8, 4) is 11.5 Å². The predicted octanol–water partition coefficient (Wildman–Crippen LogP) is 0.957. The van der Waals surface area contributed by atoms with Gasteiger partial charge in [0.2, 0.25) is 5.79 Å². The first-order chi connectivity index (χ1) is 7.46. The Morgan fingerprint density at radius 1 is 1.31 bits per heavy atom. The number of ether oxygens (including phenoxy) is 2. The van der Waals surface area contributed by atoms with Gasteiger partial charge in [0.1, 0.15) is 0 Å². The molecule has 4 heteroatoms. The number of hydrogen-bond acceptors (Lipinski definition) is 4. The maximum Gasteiger partial charge on any atom is 0.246 e. The second-order valence-corrected chi connectivity index (χ2v) is 3.96. The van der Waals surface area contributed by atoms with Crippen LogP contribution in [0.15, 0.2) is 24.3 Å². The predicted molar refractivity (Wildman–Crippen MR) is 55.8 cm³/mol. The molecule has 1 aliphatic rings. The second kappa shape index (κ2) is 3.56. The molecule has 84 valence electrons. The molecule has 0 saturated heterocycles. The highest BCUT2D eigenvalue weighted by atomic mass is 16.7. The summed E-state index contributed by atoms with van der Waals surface area (Å²) in [6.45, 7) is 3.62. The molecule has 0 bridgehead atoms. The Kier molecular flexibility index (Phi) is 2.34. The van der Waals surface area contributed by atoms with E-state index < -0.39 is 11.8 Å². The Bertz CT molecular complexity index is 460. The third-order valence-electron chi connectivity index (χ3n) is 2.09. The molecule has 0 N–H and O–H groups in total. The highest BCUT2D eigenvalue weighted by molar-refractivity contribution is 5.83. The van der Waals surface area contributed by atoms with Gasteiger partial charge in [0.25, 0.3) is 0 Å². The maximum absolute atomic E-state index is 10.3. The first kappa shape index (κ1) is 10.5. The number of carbonyl (C=O) groups is 1. The molecular formula is C12H11O4-. The van der Waals surface area contributed by atoms with E-state index in [1.807, 2.05) is 13.8 Å². The zero-order chi connectivity index (χ0) is 11.8. The average Bonchev–Trinajstić information content (AvgIpc) is 2.47. The Morgan fingerprint density at radius 2 is 2.00 bits per heavy atom. The molecular weight excluding hydrogens is 208 g/mol. The molecule has 1 heterocycles. The van der Waals surface area contributed by atoms with Gasteiger partial charge in [0, 0.05) is 13.8 Å². The molecule has 0 spiro atoms. The fourth-order valence-corrected chi connectivity index (χ4v) is 1.51. The van der Waals surface area contributed by atoms with Crippen molar-refractivity contribution in [2.24, 2.45) is 0 Å². The van der Waals surface area contributed by atoms with Crippen molar-refractivity contribution >= 4 is 12.0 Å². The van der Waals surface area contributed by atoms with E-state index in [-0.39, 0.29) is 0 Å². The molecule has 1 aromatic carbocycles. The van der Waals surface area contributed by atoms with Crippen molar-refractivity contribution < 1.29 is 19.4 Å². The van der Waals surface area contributed by atoms with Gasteiger partial charge in [-0.25, -0.2) is 0 Å². The summed E-state index contributed by atoms with van der Waals surface area (Å²) in [4.78, 5) is 10.3. The summed E-state index contributed by atoms with van der Waals surface area (Å²) in [7, 11) is 0. The van der Waals surface area contributed by atoms with E-state index in [1.54, 1.807) is 18.2 Å².